The summed E-state index contributed by atoms with van der Waals surface area (Å²) in [4.78, 5) is 21.5. The molecule has 0 saturated heterocycles. The molecule has 1 aromatic heterocycles. The van der Waals surface area contributed by atoms with Gasteiger partial charge in [-0.1, -0.05) is 6.92 Å². The molecule has 1 aliphatic carbocycles. The lowest BCUT2D eigenvalue weighted by Gasteiger charge is -2.21. The molecule has 1 saturated carbocycles. The lowest BCUT2D eigenvalue weighted by atomic mass is 10.2. The van der Waals surface area contributed by atoms with E-state index in [1.165, 1.54) is 19.0 Å². The van der Waals surface area contributed by atoms with Crippen LogP contribution in [0.5, 0.6) is 0 Å². The van der Waals surface area contributed by atoms with Crippen molar-refractivity contribution in [3.8, 4) is 0 Å². The van der Waals surface area contributed by atoms with Crippen molar-refractivity contribution >= 4 is 11.9 Å². The predicted molar refractivity (Wildman–Crippen MR) is 64.4 cm³/mol. The second-order valence-corrected chi connectivity index (χ2v) is 4.40. The molecular weight excluding hydrogens is 218 g/mol. The molecule has 2 rings (SSSR count). The summed E-state index contributed by atoms with van der Waals surface area (Å²) in [5.74, 6) is -0.306. The molecule has 17 heavy (non-hydrogen) atoms. The van der Waals surface area contributed by atoms with Gasteiger partial charge in [-0.05, 0) is 26.2 Å². The van der Waals surface area contributed by atoms with E-state index in [1.807, 2.05) is 0 Å². The van der Waals surface area contributed by atoms with Crippen LogP contribution < -0.4 is 4.90 Å². The number of hydrogen-bond acceptors (Lipinski definition) is 4. The zero-order chi connectivity index (χ0) is 12.4. The van der Waals surface area contributed by atoms with Crippen LogP contribution in [0.15, 0.2) is 6.20 Å². The van der Waals surface area contributed by atoms with E-state index in [-0.39, 0.29) is 5.56 Å². The molecule has 5 heteroatoms. The number of nitrogens with zero attached hydrogens (tertiary/aromatic N) is 3. The molecule has 1 aliphatic rings. The number of hydrogen-bond donors (Lipinski definition) is 1. The fourth-order valence-electron chi connectivity index (χ4n) is 1.88. The first-order valence-corrected chi connectivity index (χ1v) is 5.97. The molecule has 0 aliphatic heterocycles. The molecule has 92 valence electrons. The number of aryl methyl sites for hydroxylation is 1. The van der Waals surface area contributed by atoms with E-state index in [2.05, 4.69) is 21.8 Å². The second-order valence-electron chi connectivity index (χ2n) is 4.40. The molecule has 0 spiro atoms. The highest BCUT2D eigenvalue weighted by Crippen LogP contribution is 2.29. The van der Waals surface area contributed by atoms with Crippen molar-refractivity contribution < 1.29 is 9.90 Å². The number of anilines is 1. The molecule has 0 atom stereocenters. The first-order chi connectivity index (χ1) is 8.13. The monoisotopic (exact) mass is 235 g/mol. The number of carboxylic acids is 1. The summed E-state index contributed by atoms with van der Waals surface area (Å²) in [5.41, 5.74) is 0.713. The molecular formula is C12H17N3O2. The Bertz CT molecular complexity index is 430. The molecule has 0 aromatic carbocycles. The third kappa shape index (κ3) is 2.54. The number of carbonyl (C=O) groups is 1. The second kappa shape index (κ2) is 4.69. The minimum atomic E-state index is -0.970. The fourth-order valence-corrected chi connectivity index (χ4v) is 1.88. The maximum absolute atomic E-state index is 10.9. The summed E-state index contributed by atoms with van der Waals surface area (Å²) >= 11 is 0. The molecule has 1 N–H and O–H groups in total. The Morgan fingerprint density at radius 3 is 2.76 bits per heavy atom. The van der Waals surface area contributed by atoms with Crippen LogP contribution in [0.1, 0.15) is 42.2 Å². The summed E-state index contributed by atoms with van der Waals surface area (Å²) in [6, 6.07) is 0.546. The normalized spacial score (nSPS) is 14.7. The Labute approximate surface area is 100 Å². The van der Waals surface area contributed by atoms with Gasteiger partial charge in [0.1, 0.15) is 0 Å². The quantitative estimate of drug-likeness (QED) is 0.843. The number of aromatic nitrogens is 2. The van der Waals surface area contributed by atoms with Crippen LogP contribution in [0, 0.1) is 6.92 Å². The van der Waals surface area contributed by atoms with Crippen molar-refractivity contribution in [1.82, 2.24) is 9.97 Å². The average molecular weight is 235 g/mol. The molecule has 5 nitrogen and oxygen atoms in total. The number of aromatic carboxylic acids is 1. The lowest BCUT2D eigenvalue weighted by molar-refractivity contribution is 0.0695. The minimum Gasteiger partial charge on any atom is -0.478 e. The third-order valence-corrected chi connectivity index (χ3v) is 2.91. The lowest BCUT2D eigenvalue weighted by Crippen LogP contribution is -2.28. The van der Waals surface area contributed by atoms with Gasteiger partial charge in [0.05, 0.1) is 11.3 Å². The molecule has 0 amide bonds. The maximum atomic E-state index is 10.9. The fraction of sp³-hybridized carbons (Fsp3) is 0.583. The Hall–Kier alpha value is -1.65. The Morgan fingerprint density at radius 2 is 2.29 bits per heavy atom. The minimum absolute atomic E-state index is 0.181. The van der Waals surface area contributed by atoms with Gasteiger partial charge in [-0.3, -0.25) is 0 Å². The van der Waals surface area contributed by atoms with Crippen molar-refractivity contribution in [2.75, 3.05) is 11.4 Å². The molecule has 1 aromatic rings. The zero-order valence-electron chi connectivity index (χ0n) is 10.2. The first kappa shape index (κ1) is 11.8. The van der Waals surface area contributed by atoms with E-state index in [0.717, 1.165) is 13.0 Å². The Balaban J connectivity index is 2.25. The predicted octanol–water partition coefficient (Wildman–Crippen LogP) is 1.86. The van der Waals surface area contributed by atoms with E-state index in [0.29, 0.717) is 17.7 Å². The molecule has 1 fully saturated rings. The Kier molecular flexibility index (Phi) is 3.26. The largest absolute Gasteiger partial charge is 0.478 e. The van der Waals surface area contributed by atoms with Gasteiger partial charge in [0.15, 0.2) is 0 Å². The highest BCUT2D eigenvalue weighted by atomic mass is 16.4. The topological polar surface area (TPSA) is 66.3 Å². The van der Waals surface area contributed by atoms with Crippen LogP contribution in [-0.2, 0) is 0 Å². The SMILES string of the molecule is CCCN(c1ncc(C(=O)O)c(C)n1)C1CC1. The van der Waals surface area contributed by atoms with Crippen LogP contribution in [-0.4, -0.2) is 33.6 Å². The van der Waals surface area contributed by atoms with Gasteiger partial charge in [0, 0.05) is 18.8 Å². The highest BCUT2D eigenvalue weighted by molar-refractivity contribution is 5.88. The zero-order valence-corrected chi connectivity index (χ0v) is 10.2. The summed E-state index contributed by atoms with van der Waals surface area (Å²) in [5, 5.41) is 8.93. The molecule has 0 radical (unpaired) electrons. The summed E-state index contributed by atoms with van der Waals surface area (Å²) in [6.45, 7) is 4.76. The molecule has 1 heterocycles. The van der Waals surface area contributed by atoms with Gasteiger partial charge in [-0.15, -0.1) is 0 Å². The van der Waals surface area contributed by atoms with Crippen LogP contribution in [0.3, 0.4) is 0 Å². The third-order valence-electron chi connectivity index (χ3n) is 2.91. The van der Waals surface area contributed by atoms with Crippen LogP contribution in [0.4, 0.5) is 5.95 Å². The highest BCUT2D eigenvalue weighted by Gasteiger charge is 2.30. The Morgan fingerprint density at radius 1 is 1.59 bits per heavy atom. The van der Waals surface area contributed by atoms with Crippen LogP contribution in [0.2, 0.25) is 0 Å². The standard InChI is InChI=1S/C12H17N3O2/c1-3-6-15(9-4-5-9)12-13-7-10(11(16)17)8(2)14-12/h7,9H,3-6H2,1-2H3,(H,16,17). The van der Waals surface area contributed by atoms with Crippen molar-refractivity contribution in [2.24, 2.45) is 0 Å². The van der Waals surface area contributed by atoms with Gasteiger partial charge in [0.2, 0.25) is 5.95 Å². The van der Waals surface area contributed by atoms with Gasteiger partial charge in [0.25, 0.3) is 0 Å². The van der Waals surface area contributed by atoms with Gasteiger partial charge in [-0.25, -0.2) is 14.8 Å². The molecule has 0 unspecified atom stereocenters. The van der Waals surface area contributed by atoms with E-state index in [1.54, 1.807) is 6.92 Å². The summed E-state index contributed by atoms with van der Waals surface area (Å²) in [7, 11) is 0. The number of rotatable bonds is 5. The maximum Gasteiger partial charge on any atom is 0.339 e. The van der Waals surface area contributed by atoms with Crippen molar-refractivity contribution in [3.63, 3.8) is 0 Å². The van der Waals surface area contributed by atoms with Crippen LogP contribution >= 0.6 is 0 Å². The van der Waals surface area contributed by atoms with E-state index < -0.39 is 5.97 Å². The van der Waals surface area contributed by atoms with Crippen molar-refractivity contribution in [1.29, 1.82) is 0 Å². The van der Waals surface area contributed by atoms with Gasteiger partial charge < -0.3 is 10.0 Å². The van der Waals surface area contributed by atoms with Gasteiger partial charge >= 0.3 is 5.97 Å². The van der Waals surface area contributed by atoms with Crippen molar-refractivity contribution in [2.45, 2.75) is 39.2 Å². The number of carboxylic acid groups (broad SMARTS) is 1. The smallest absolute Gasteiger partial charge is 0.339 e. The molecule has 0 bridgehead atoms. The van der Waals surface area contributed by atoms with Gasteiger partial charge in [-0.2, -0.15) is 0 Å². The summed E-state index contributed by atoms with van der Waals surface area (Å²) < 4.78 is 0. The van der Waals surface area contributed by atoms with E-state index in [9.17, 15) is 4.79 Å². The average Bonchev–Trinajstić information content (AvgIpc) is 3.09. The van der Waals surface area contributed by atoms with Crippen LogP contribution in [0.25, 0.3) is 0 Å². The van der Waals surface area contributed by atoms with Crippen molar-refractivity contribution in [3.05, 3.63) is 17.5 Å². The van der Waals surface area contributed by atoms with E-state index in [4.69, 9.17) is 5.11 Å². The first-order valence-electron chi connectivity index (χ1n) is 5.97. The van der Waals surface area contributed by atoms with E-state index >= 15 is 0 Å². The summed E-state index contributed by atoms with van der Waals surface area (Å²) in [6.07, 6.45) is 4.82.